The Kier molecular flexibility index (Phi) is 8.00. The predicted octanol–water partition coefficient (Wildman–Crippen LogP) is 3.92. The standard InChI is InChI=1S/C30H37N9O2/c1-41-13-12-39(29-32-11-10-27(36-29)35-28-17-26(37-38-28)20-4-5-20)25-8-6-23(7-9-25)33-30(40)34-24-15-21-3-2-19(18-31)14-22(21)16-24/h2-3,10-11,14,17,20,23-25H,4-9,12-13,15-16H2,1H3,(H2,33,34,40)(H2,32,35,36,37,38). The van der Waals surface area contributed by atoms with E-state index in [0.29, 0.717) is 36.4 Å². The molecule has 6 rings (SSSR count). The molecule has 2 aromatic heterocycles. The van der Waals surface area contributed by atoms with Crippen LogP contribution in [0.25, 0.3) is 0 Å². The molecular formula is C30H37N9O2. The van der Waals surface area contributed by atoms with Gasteiger partial charge in [-0.25, -0.2) is 9.78 Å². The third-order valence-electron chi connectivity index (χ3n) is 8.38. The monoisotopic (exact) mass is 555 g/mol. The highest BCUT2D eigenvalue weighted by Crippen LogP contribution is 2.39. The lowest BCUT2D eigenvalue weighted by molar-refractivity contribution is 0.198. The molecule has 2 saturated carbocycles. The van der Waals surface area contributed by atoms with E-state index in [-0.39, 0.29) is 24.2 Å². The molecule has 3 aliphatic carbocycles. The van der Waals surface area contributed by atoms with Gasteiger partial charge in [0.05, 0.1) is 18.2 Å². The van der Waals surface area contributed by atoms with Gasteiger partial charge in [-0.05, 0) is 80.7 Å². The number of H-pyrrole nitrogens is 1. The molecule has 11 nitrogen and oxygen atoms in total. The molecule has 2 fully saturated rings. The van der Waals surface area contributed by atoms with E-state index < -0.39 is 0 Å². The average Bonchev–Trinajstić information content (AvgIpc) is 3.60. The summed E-state index contributed by atoms with van der Waals surface area (Å²) in [5, 5.41) is 26.3. The zero-order valence-corrected chi connectivity index (χ0v) is 23.4. The lowest BCUT2D eigenvalue weighted by atomic mass is 9.90. The second kappa shape index (κ2) is 12.1. The first-order chi connectivity index (χ1) is 20.1. The van der Waals surface area contributed by atoms with Gasteiger partial charge >= 0.3 is 6.03 Å². The molecule has 41 heavy (non-hydrogen) atoms. The van der Waals surface area contributed by atoms with Crippen LogP contribution in [-0.4, -0.2) is 64.6 Å². The highest BCUT2D eigenvalue weighted by atomic mass is 16.5. The summed E-state index contributed by atoms with van der Waals surface area (Å²) in [6, 6.07) is 12.2. The lowest BCUT2D eigenvalue weighted by Gasteiger charge is -2.37. The van der Waals surface area contributed by atoms with Crippen molar-refractivity contribution < 1.29 is 9.53 Å². The predicted molar refractivity (Wildman–Crippen MR) is 155 cm³/mol. The second-order valence-electron chi connectivity index (χ2n) is 11.4. The van der Waals surface area contributed by atoms with E-state index in [0.717, 1.165) is 49.9 Å². The summed E-state index contributed by atoms with van der Waals surface area (Å²) in [5.74, 6) is 2.74. The molecule has 1 aromatic carbocycles. The minimum absolute atomic E-state index is 0.0552. The number of nitriles is 1. The van der Waals surface area contributed by atoms with E-state index in [4.69, 9.17) is 15.0 Å². The lowest BCUT2D eigenvalue weighted by Crippen LogP contribution is -2.49. The van der Waals surface area contributed by atoms with Gasteiger partial charge in [0, 0.05) is 55.7 Å². The van der Waals surface area contributed by atoms with Crippen molar-refractivity contribution in [3.63, 3.8) is 0 Å². The molecule has 1 unspecified atom stereocenters. The number of amides is 2. The van der Waals surface area contributed by atoms with Crippen LogP contribution in [0.1, 0.15) is 66.8 Å². The number of hydrogen-bond acceptors (Lipinski definition) is 8. The Morgan fingerprint density at radius 1 is 1.05 bits per heavy atom. The van der Waals surface area contributed by atoms with Crippen molar-refractivity contribution in [2.24, 2.45) is 0 Å². The Bertz CT molecular complexity index is 1400. The van der Waals surface area contributed by atoms with Crippen molar-refractivity contribution >= 4 is 23.6 Å². The number of aromatic amines is 1. The molecule has 0 saturated heterocycles. The van der Waals surface area contributed by atoms with Crippen molar-refractivity contribution in [2.45, 2.75) is 75.4 Å². The van der Waals surface area contributed by atoms with Crippen LogP contribution in [0.4, 0.5) is 22.4 Å². The largest absolute Gasteiger partial charge is 0.383 e. The first-order valence-electron chi connectivity index (χ1n) is 14.6. The summed E-state index contributed by atoms with van der Waals surface area (Å²) in [7, 11) is 1.71. The topological polar surface area (TPSA) is 144 Å². The van der Waals surface area contributed by atoms with Crippen LogP contribution < -0.4 is 20.9 Å². The molecule has 3 aliphatic rings. The van der Waals surface area contributed by atoms with Gasteiger partial charge < -0.3 is 25.6 Å². The van der Waals surface area contributed by atoms with Crippen molar-refractivity contribution in [3.05, 3.63) is 58.9 Å². The third-order valence-corrected chi connectivity index (χ3v) is 8.38. The quantitative estimate of drug-likeness (QED) is 0.295. The van der Waals surface area contributed by atoms with E-state index in [1.165, 1.54) is 24.1 Å². The summed E-state index contributed by atoms with van der Waals surface area (Å²) in [4.78, 5) is 24.5. The van der Waals surface area contributed by atoms with Gasteiger partial charge in [0.15, 0.2) is 5.82 Å². The van der Waals surface area contributed by atoms with Crippen LogP contribution in [0.15, 0.2) is 36.5 Å². The molecule has 4 N–H and O–H groups in total. The summed E-state index contributed by atoms with van der Waals surface area (Å²) < 4.78 is 5.41. The maximum atomic E-state index is 12.8. The Morgan fingerprint density at radius 2 is 1.85 bits per heavy atom. The van der Waals surface area contributed by atoms with Gasteiger partial charge in [-0.3, -0.25) is 5.10 Å². The van der Waals surface area contributed by atoms with Crippen molar-refractivity contribution in [1.82, 2.24) is 30.8 Å². The van der Waals surface area contributed by atoms with Gasteiger partial charge in [0.1, 0.15) is 5.82 Å². The normalized spacial score (nSPS) is 21.5. The van der Waals surface area contributed by atoms with Crippen LogP contribution in [0, 0.1) is 11.3 Å². The molecule has 1 atom stereocenters. The number of ether oxygens (including phenoxy) is 1. The summed E-state index contributed by atoms with van der Waals surface area (Å²) >= 11 is 0. The number of fused-ring (bicyclic) bond motifs is 1. The van der Waals surface area contributed by atoms with E-state index in [2.05, 4.69) is 48.2 Å². The Balaban J connectivity index is 1.02. The molecule has 2 heterocycles. The molecule has 0 radical (unpaired) electrons. The minimum atomic E-state index is -0.117. The van der Waals surface area contributed by atoms with Crippen molar-refractivity contribution in [1.29, 1.82) is 5.26 Å². The van der Waals surface area contributed by atoms with E-state index in [1.54, 1.807) is 13.3 Å². The average molecular weight is 556 g/mol. The van der Waals surface area contributed by atoms with Crippen molar-refractivity contribution in [3.8, 4) is 6.07 Å². The number of urea groups is 1. The fraction of sp³-hybridized carbons (Fsp3) is 0.500. The van der Waals surface area contributed by atoms with E-state index in [1.807, 2.05) is 24.3 Å². The van der Waals surface area contributed by atoms with Crippen molar-refractivity contribution in [2.75, 3.05) is 30.5 Å². The Labute approximate surface area is 240 Å². The van der Waals surface area contributed by atoms with E-state index in [9.17, 15) is 4.79 Å². The number of carbonyl (C=O) groups excluding carboxylic acids is 1. The van der Waals surface area contributed by atoms with Crippen LogP contribution in [0.2, 0.25) is 0 Å². The number of hydrogen-bond donors (Lipinski definition) is 4. The fourth-order valence-electron chi connectivity index (χ4n) is 6.06. The molecular weight excluding hydrogens is 518 g/mol. The zero-order chi connectivity index (χ0) is 28.2. The highest BCUT2D eigenvalue weighted by molar-refractivity contribution is 5.75. The second-order valence-corrected chi connectivity index (χ2v) is 11.4. The number of carbonyl (C=O) groups is 1. The zero-order valence-electron chi connectivity index (χ0n) is 23.4. The summed E-state index contributed by atoms with van der Waals surface area (Å²) in [6.45, 7) is 1.26. The Hall–Kier alpha value is -4.17. The Morgan fingerprint density at radius 3 is 2.63 bits per heavy atom. The minimum Gasteiger partial charge on any atom is -0.383 e. The number of anilines is 3. The fourth-order valence-corrected chi connectivity index (χ4v) is 6.06. The number of methoxy groups -OCH3 is 1. The number of nitrogens with zero attached hydrogens (tertiary/aromatic N) is 5. The number of benzene rings is 1. The number of aromatic nitrogens is 4. The van der Waals surface area contributed by atoms with Gasteiger partial charge in [0.2, 0.25) is 5.95 Å². The van der Waals surface area contributed by atoms with Gasteiger partial charge in [-0.1, -0.05) is 6.07 Å². The van der Waals surface area contributed by atoms with Crippen LogP contribution in [0.3, 0.4) is 0 Å². The van der Waals surface area contributed by atoms with Gasteiger partial charge in [-0.15, -0.1) is 0 Å². The van der Waals surface area contributed by atoms with Gasteiger partial charge in [0.25, 0.3) is 0 Å². The molecule has 11 heteroatoms. The SMILES string of the molecule is COCCN(c1nccc(Nc2cc(C3CC3)[nH]n2)n1)C1CCC(NC(=O)NC2Cc3ccc(C#N)cc3C2)CC1. The molecule has 0 aliphatic heterocycles. The summed E-state index contributed by atoms with van der Waals surface area (Å²) in [6.07, 6.45) is 9.38. The number of rotatable bonds is 10. The maximum absolute atomic E-state index is 12.8. The molecule has 0 bridgehead atoms. The first kappa shape index (κ1) is 27.0. The van der Waals surface area contributed by atoms with Crippen LogP contribution in [-0.2, 0) is 17.6 Å². The first-order valence-corrected chi connectivity index (χ1v) is 14.6. The number of nitrogens with one attached hydrogen (secondary N) is 4. The molecule has 0 spiro atoms. The molecule has 3 aromatic rings. The van der Waals surface area contributed by atoms with Crippen LogP contribution >= 0.6 is 0 Å². The van der Waals surface area contributed by atoms with Crippen LogP contribution in [0.5, 0.6) is 0 Å². The summed E-state index contributed by atoms with van der Waals surface area (Å²) in [5.41, 5.74) is 4.20. The molecule has 2 amide bonds. The van der Waals surface area contributed by atoms with E-state index >= 15 is 0 Å². The smallest absolute Gasteiger partial charge is 0.315 e. The highest BCUT2D eigenvalue weighted by Gasteiger charge is 2.30. The van der Waals surface area contributed by atoms with Gasteiger partial charge in [-0.2, -0.15) is 15.3 Å². The third kappa shape index (κ3) is 6.60. The molecule has 214 valence electrons. The maximum Gasteiger partial charge on any atom is 0.315 e.